The molecule has 0 atom stereocenters. The van der Waals surface area contributed by atoms with Gasteiger partial charge in [0.05, 0.1) is 22.7 Å². The quantitative estimate of drug-likeness (QED) is 0.346. The van der Waals surface area contributed by atoms with Crippen molar-refractivity contribution < 1.29 is 14.2 Å². The van der Waals surface area contributed by atoms with Gasteiger partial charge in [0.1, 0.15) is 5.91 Å². The molecule has 4 nitrogen and oxygen atoms in total. The van der Waals surface area contributed by atoms with E-state index in [4.69, 9.17) is 14.2 Å². The third-order valence-corrected chi connectivity index (χ3v) is 4.82. The van der Waals surface area contributed by atoms with E-state index in [9.17, 15) is 0 Å². The molecular formula is C12H27NO3Si. The maximum absolute atomic E-state index is 5.58. The first-order valence-corrected chi connectivity index (χ1v) is 8.71. The van der Waals surface area contributed by atoms with Gasteiger partial charge in [0, 0.05) is 26.3 Å². The van der Waals surface area contributed by atoms with Gasteiger partial charge >= 0.3 is 0 Å². The fourth-order valence-electron chi connectivity index (χ4n) is 2.06. The average molecular weight is 261 g/mol. The molecule has 0 N–H and O–H groups in total. The molecule has 0 radical (unpaired) electrons. The van der Waals surface area contributed by atoms with Gasteiger partial charge in [-0.15, -0.1) is 0 Å². The van der Waals surface area contributed by atoms with Gasteiger partial charge in [0.2, 0.25) is 0 Å². The molecular weight excluding hydrogens is 234 g/mol. The first-order chi connectivity index (χ1) is 8.36. The molecule has 0 amide bonds. The molecule has 0 saturated carbocycles. The van der Waals surface area contributed by atoms with Crippen LogP contribution >= 0.6 is 0 Å². The molecule has 0 spiro atoms. The fraction of sp³-hybridized carbons (Fsp3) is 1.00. The minimum Gasteiger partial charge on any atom is -0.379 e. The summed E-state index contributed by atoms with van der Waals surface area (Å²) in [5.41, 5.74) is 0. The number of hydrogen-bond donors (Lipinski definition) is 0. The maximum Gasteiger partial charge on any atom is 0.134 e. The molecule has 1 heterocycles. The SMILES string of the molecule is CCOC(OCC)[SiH2]CCCN1CCOCC1. The third kappa shape index (κ3) is 7.16. The molecule has 5 heteroatoms. The Morgan fingerprint density at radius 2 is 1.82 bits per heavy atom. The molecule has 1 aliphatic heterocycles. The van der Waals surface area contributed by atoms with Crippen LogP contribution in [0.15, 0.2) is 0 Å². The van der Waals surface area contributed by atoms with Crippen LogP contribution in [0.2, 0.25) is 6.04 Å². The van der Waals surface area contributed by atoms with Gasteiger partial charge in [0.25, 0.3) is 0 Å². The standard InChI is InChI=1S/C12H27NO3Si/c1-3-15-12(16-4-2)17-11-5-6-13-7-9-14-10-8-13/h12H,3-11,17H2,1-2H3. The highest BCUT2D eigenvalue weighted by atomic mass is 28.2. The third-order valence-electron chi connectivity index (χ3n) is 2.97. The van der Waals surface area contributed by atoms with E-state index in [1.165, 1.54) is 19.0 Å². The van der Waals surface area contributed by atoms with Gasteiger partial charge in [-0.2, -0.15) is 0 Å². The van der Waals surface area contributed by atoms with Crippen molar-refractivity contribution in [3.8, 4) is 0 Å². The van der Waals surface area contributed by atoms with E-state index in [-0.39, 0.29) is 15.4 Å². The van der Waals surface area contributed by atoms with Crippen molar-refractivity contribution in [2.75, 3.05) is 46.1 Å². The Bertz CT molecular complexity index is 171. The van der Waals surface area contributed by atoms with Crippen molar-refractivity contribution in [3.05, 3.63) is 0 Å². The van der Waals surface area contributed by atoms with Gasteiger partial charge in [-0.1, -0.05) is 6.04 Å². The molecule has 1 fully saturated rings. The van der Waals surface area contributed by atoms with Crippen LogP contribution in [0.1, 0.15) is 20.3 Å². The predicted octanol–water partition coefficient (Wildman–Crippen LogP) is 0.652. The van der Waals surface area contributed by atoms with E-state index >= 15 is 0 Å². The van der Waals surface area contributed by atoms with Crippen LogP contribution in [0.25, 0.3) is 0 Å². The minimum atomic E-state index is -0.246. The predicted molar refractivity (Wildman–Crippen MR) is 72.3 cm³/mol. The topological polar surface area (TPSA) is 30.9 Å². The lowest BCUT2D eigenvalue weighted by atomic mass is 10.3. The molecule has 0 aromatic carbocycles. The Hall–Kier alpha value is 0.0569. The zero-order chi connectivity index (χ0) is 12.3. The molecule has 1 rings (SSSR count). The second-order valence-corrected chi connectivity index (χ2v) is 6.24. The smallest absolute Gasteiger partial charge is 0.134 e. The summed E-state index contributed by atoms with van der Waals surface area (Å²) >= 11 is 0. The summed E-state index contributed by atoms with van der Waals surface area (Å²) in [4.78, 5) is 2.49. The number of rotatable bonds is 9. The van der Waals surface area contributed by atoms with Crippen molar-refractivity contribution in [1.29, 1.82) is 0 Å². The molecule has 0 bridgehead atoms. The Morgan fingerprint density at radius 1 is 1.18 bits per heavy atom. The van der Waals surface area contributed by atoms with Crippen LogP contribution in [0.5, 0.6) is 0 Å². The van der Waals surface area contributed by atoms with Crippen LogP contribution in [-0.4, -0.2) is 66.4 Å². The molecule has 1 aliphatic rings. The van der Waals surface area contributed by atoms with Crippen LogP contribution in [-0.2, 0) is 14.2 Å². The Balaban J connectivity index is 2.00. The minimum absolute atomic E-state index is 0.134. The first kappa shape index (κ1) is 15.1. The molecule has 0 aliphatic carbocycles. The fourth-order valence-corrected chi connectivity index (χ4v) is 3.71. The van der Waals surface area contributed by atoms with Gasteiger partial charge in [-0.25, -0.2) is 0 Å². The van der Waals surface area contributed by atoms with Crippen LogP contribution in [0.4, 0.5) is 0 Å². The van der Waals surface area contributed by atoms with Gasteiger partial charge in [0.15, 0.2) is 0 Å². The van der Waals surface area contributed by atoms with E-state index in [0.29, 0.717) is 0 Å². The van der Waals surface area contributed by atoms with Crippen molar-refractivity contribution in [2.24, 2.45) is 0 Å². The van der Waals surface area contributed by atoms with E-state index < -0.39 is 0 Å². The molecule has 102 valence electrons. The van der Waals surface area contributed by atoms with E-state index in [0.717, 1.165) is 39.5 Å². The lowest BCUT2D eigenvalue weighted by Crippen LogP contribution is -2.37. The first-order valence-electron chi connectivity index (χ1n) is 6.90. The zero-order valence-electron chi connectivity index (χ0n) is 11.3. The van der Waals surface area contributed by atoms with Gasteiger partial charge < -0.3 is 14.2 Å². The molecule has 0 unspecified atom stereocenters. The number of ether oxygens (including phenoxy) is 3. The van der Waals surface area contributed by atoms with Gasteiger partial charge in [-0.05, 0) is 26.8 Å². The van der Waals surface area contributed by atoms with E-state index in [1.54, 1.807) is 0 Å². The lowest BCUT2D eigenvalue weighted by molar-refractivity contribution is -0.0828. The summed E-state index contributed by atoms with van der Waals surface area (Å²) in [6.07, 6.45) is 1.28. The van der Waals surface area contributed by atoms with Crippen molar-refractivity contribution in [2.45, 2.75) is 32.2 Å². The largest absolute Gasteiger partial charge is 0.379 e. The lowest BCUT2D eigenvalue weighted by Gasteiger charge is -2.26. The van der Waals surface area contributed by atoms with Crippen LogP contribution < -0.4 is 0 Å². The second-order valence-electron chi connectivity index (χ2n) is 4.29. The maximum atomic E-state index is 5.58. The molecule has 0 aromatic rings. The molecule has 1 saturated heterocycles. The van der Waals surface area contributed by atoms with Crippen molar-refractivity contribution in [1.82, 2.24) is 4.90 Å². The summed E-state index contributed by atoms with van der Waals surface area (Å²) in [6.45, 7) is 10.8. The molecule has 0 aromatic heterocycles. The summed E-state index contributed by atoms with van der Waals surface area (Å²) in [7, 11) is -0.246. The Morgan fingerprint density at radius 3 is 2.41 bits per heavy atom. The molecule has 17 heavy (non-hydrogen) atoms. The van der Waals surface area contributed by atoms with E-state index in [1.807, 2.05) is 13.8 Å². The average Bonchev–Trinajstić information content (AvgIpc) is 2.36. The Kier molecular flexibility index (Phi) is 8.91. The van der Waals surface area contributed by atoms with Gasteiger partial charge in [-0.3, -0.25) is 4.90 Å². The number of nitrogens with zero attached hydrogens (tertiary/aromatic N) is 1. The summed E-state index contributed by atoms with van der Waals surface area (Å²) in [6, 6.07) is 1.31. The number of morpholine rings is 1. The second kappa shape index (κ2) is 10.0. The normalized spacial score (nSPS) is 18.5. The summed E-state index contributed by atoms with van der Waals surface area (Å²) in [5.74, 6) is 0.134. The monoisotopic (exact) mass is 261 g/mol. The summed E-state index contributed by atoms with van der Waals surface area (Å²) in [5, 5.41) is 0. The number of hydrogen-bond acceptors (Lipinski definition) is 4. The van der Waals surface area contributed by atoms with Crippen LogP contribution in [0, 0.1) is 0 Å². The Labute approximate surface area is 107 Å². The summed E-state index contributed by atoms with van der Waals surface area (Å²) < 4.78 is 16.5. The van der Waals surface area contributed by atoms with Crippen molar-refractivity contribution in [3.63, 3.8) is 0 Å². The highest BCUT2D eigenvalue weighted by Crippen LogP contribution is 2.03. The van der Waals surface area contributed by atoms with Crippen LogP contribution in [0.3, 0.4) is 0 Å². The highest BCUT2D eigenvalue weighted by molar-refractivity contribution is 6.36. The highest BCUT2D eigenvalue weighted by Gasteiger charge is 2.11. The van der Waals surface area contributed by atoms with E-state index in [2.05, 4.69) is 4.90 Å². The zero-order valence-corrected chi connectivity index (χ0v) is 12.7. The van der Waals surface area contributed by atoms with Crippen molar-refractivity contribution >= 4 is 9.52 Å².